The maximum atomic E-state index is 10.7. The van der Waals surface area contributed by atoms with E-state index in [9.17, 15) is 10.1 Å². The highest BCUT2D eigenvalue weighted by Gasteiger charge is 2.13. The summed E-state index contributed by atoms with van der Waals surface area (Å²) in [6.45, 7) is 3.67. The number of rotatable bonds is 5. The summed E-state index contributed by atoms with van der Waals surface area (Å²) >= 11 is 0. The Morgan fingerprint density at radius 2 is 2.25 bits per heavy atom. The van der Waals surface area contributed by atoms with E-state index in [2.05, 4.69) is 0 Å². The van der Waals surface area contributed by atoms with Gasteiger partial charge in [-0.05, 0) is 19.9 Å². The van der Waals surface area contributed by atoms with Crippen molar-refractivity contribution in [3.05, 3.63) is 33.9 Å². The molecule has 5 heteroatoms. The summed E-state index contributed by atoms with van der Waals surface area (Å²) in [6, 6.07) is 4.71. The first-order valence-electron chi connectivity index (χ1n) is 5.07. The molecule has 1 aromatic rings. The summed E-state index contributed by atoms with van der Waals surface area (Å²) < 4.78 is 5.37. The Morgan fingerprint density at radius 3 is 2.81 bits per heavy atom. The molecule has 0 saturated carbocycles. The van der Waals surface area contributed by atoms with Crippen LogP contribution in [0.1, 0.15) is 18.9 Å². The van der Waals surface area contributed by atoms with Gasteiger partial charge in [0.05, 0.1) is 23.2 Å². The predicted molar refractivity (Wildman–Crippen MR) is 59.6 cm³/mol. The normalized spacial score (nSPS) is 12.2. The Balaban J connectivity index is 2.73. The lowest BCUT2D eigenvalue weighted by Crippen LogP contribution is -2.08. The third kappa shape index (κ3) is 3.20. The van der Waals surface area contributed by atoms with Gasteiger partial charge in [0.25, 0.3) is 5.69 Å². The molecule has 1 unspecified atom stereocenters. The number of benzene rings is 1. The summed E-state index contributed by atoms with van der Waals surface area (Å²) in [7, 11) is 0. The molecule has 0 bridgehead atoms. The molecule has 0 saturated heterocycles. The minimum atomic E-state index is -0.434. The smallest absolute Gasteiger partial charge is 0.276 e. The molecule has 0 radical (unpaired) electrons. The van der Waals surface area contributed by atoms with E-state index in [1.165, 1.54) is 6.07 Å². The molecule has 88 valence electrons. The molecule has 0 spiro atoms. The van der Waals surface area contributed by atoms with Crippen molar-refractivity contribution in [1.29, 1.82) is 0 Å². The van der Waals surface area contributed by atoms with Gasteiger partial charge >= 0.3 is 0 Å². The monoisotopic (exact) mass is 225 g/mol. The minimum Gasteiger partial charge on any atom is -0.493 e. The minimum absolute atomic E-state index is 0.0505. The third-order valence-electron chi connectivity index (χ3n) is 2.25. The van der Waals surface area contributed by atoms with Crippen LogP contribution in [0.4, 0.5) is 5.69 Å². The van der Waals surface area contributed by atoms with Gasteiger partial charge in [-0.3, -0.25) is 10.1 Å². The number of nitro benzene ring substituents is 1. The number of nitro groups is 1. The van der Waals surface area contributed by atoms with E-state index >= 15 is 0 Å². The van der Waals surface area contributed by atoms with Gasteiger partial charge in [0.15, 0.2) is 0 Å². The van der Waals surface area contributed by atoms with Crippen molar-refractivity contribution < 1.29 is 14.8 Å². The number of hydrogen-bond acceptors (Lipinski definition) is 4. The van der Waals surface area contributed by atoms with Crippen molar-refractivity contribution in [2.24, 2.45) is 0 Å². The Labute approximate surface area is 93.8 Å². The number of aliphatic hydroxyl groups excluding tert-OH is 1. The van der Waals surface area contributed by atoms with Gasteiger partial charge in [-0.2, -0.15) is 0 Å². The fourth-order valence-corrected chi connectivity index (χ4v) is 1.30. The van der Waals surface area contributed by atoms with Gasteiger partial charge < -0.3 is 9.84 Å². The van der Waals surface area contributed by atoms with Crippen molar-refractivity contribution in [3.8, 4) is 5.75 Å². The molecule has 0 aromatic heterocycles. The quantitative estimate of drug-likeness (QED) is 0.614. The fraction of sp³-hybridized carbons (Fsp3) is 0.455. The molecule has 0 amide bonds. The van der Waals surface area contributed by atoms with E-state index in [1.54, 1.807) is 26.0 Å². The number of hydrogen-bond donors (Lipinski definition) is 1. The average molecular weight is 225 g/mol. The van der Waals surface area contributed by atoms with E-state index in [0.29, 0.717) is 24.3 Å². The third-order valence-corrected chi connectivity index (χ3v) is 2.25. The van der Waals surface area contributed by atoms with E-state index in [-0.39, 0.29) is 5.69 Å². The zero-order chi connectivity index (χ0) is 12.1. The second-order valence-electron chi connectivity index (χ2n) is 3.64. The predicted octanol–water partition coefficient (Wildman–Crippen LogP) is 2.05. The largest absolute Gasteiger partial charge is 0.493 e. The summed E-state index contributed by atoms with van der Waals surface area (Å²) in [4.78, 5) is 10.2. The SMILES string of the molecule is Cc1c(OCCC(C)O)cccc1[N+](=O)[O-]. The zero-order valence-electron chi connectivity index (χ0n) is 9.34. The molecular formula is C11H15NO4. The average Bonchev–Trinajstić information content (AvgIpc) is 2.19. The van der Waals surface area contributed by atoms with E-state index in [4.69, 9.17) is 9.84 Å². The van der Waals surface area contributed by atoms with E-state index in [0.717, 1.165) is 0 Å². The van der Waals surface area contributed by atoms with Crippen LogP contribution in [-0.4, -0.2) is 22.7 Å². The second kappa shape index (κ2) is 5.46. The standard InChI is InChI=1S/C11H15NO4/c1-8(13)6-7-16-11-5-3-4-10(9(11)2)12(14)15/h3-5,8,13H,6-7H2,1-2H3. The van der Waals surface area contributed by atoms with Crippen molar-refractivity contribution in [2.45, 2.75) is 26.4 Å². The van der Waals surface area contributed by atoms with Gasteiger partial charge in [-0.15, -0.1) is 0 Å². The van der Waals surface area contributed by atoms with Crippen molar-refractivity contribution >= 4 is 5.69 Å². The zero-order valence-corrected chi connectivity index (χ0v) is 9.34. The first-order valence-corrected chi connectivity index (χ1v) is 5.07. The van der Waals surface area contributed by atoms with Crippen molar-refractivity contribution in [2.75, 3.05) is 6.61 Å². The van der Waals surface area contributed by atoms with Gasteiger partial charge in [0.1, 0.15) is 5.75 Å². The first-order chi connectivity index (χ1) is 7.52. The fourth-order valence-electron chi connectivity index (χ4n) is 1.30. The van der Waals surface area contributed by atoms with Gasteiger partial charge in [-0.1, -0.05) is 6.07 Å². The molecule has 0 aliphatic rings. The highest BCUT2D eigenvalue weighted by atomic mass is 16.6. The molecule has 1 rings (SSSR count). The van der Waals surface area contributed by atoms with E-state index in [1.807, 2.05) is 0 Å². The molecule has 16 heavy (non-hydrogen) atoms. The lowest BCUT2D eigenvalue weighted by Gasteiger charge is -2.09. The molecule has 1 atom stereocenters. The lowest BCUT2D eigenvalue weighted by atomic mass is 10.2. The molecule has 5 nitrogen and oxygen atoms in total. The summed E-state index contributed by atoms with van der Waals surface area (Å²) in [5, 5.41) is 19.7. The van der Waals surface area contributed by atoms with Crippen LogP contribution in [0.15, 0.2) is 18.2 Å². The number of aliphatic hydroxyl groups is 1. The molecule has 0 aliphatic heterocycles. The molecule has 0 aliphatic carbocycles. The Bertz CT molecular complexity index is 376. The second-order valence-corrected chi connectivity index (χ2v) is 3.64. The number of ether oxygens (including phenoxy) is 1. The van der Waals surface area contributed by atoms with Crippen LogP contribution in [-0.2, 0) is 0 Å². The molecule has 1 aromatic carbocycles. The van der Waals surface area contributed by atoms with Gasteiger partial charge in [0.2, 0.25) is 0 Å². The Kier molecular flexibility index (Phi) is 4.25. The van der Waals surface area contributed by atoms with Crippen molar-refractivity contribution in [3.63, 3.8) is 0 Å². The lowest BCUT2D eigenvalue weighted by molar-refractivity contribution is -0.385. The molecule has 0 fully saturated rings. The highest BCUT2D eigenvalue weighted by Crippen LogP contribution is 2.26. The van der Waals surface area contributed by atoms with Crippen LogP contribution in [0.5, 0.6) is 5.75 Å². The Hall–Kier alpha value is -1.62. The molecular weight excluding hydrogens is 210 g/mol. The molecule has 1 N–H and O–H groups in total. The van der Waals surface area contributed by atoms with Gasteiger partial charge in [0, 0.05) is 12.5 Å². The van der Waals surface area contributed by atoms with Gasteiger partial charge in [-0.25, -0.2) is 0 Å². The van der Waals surface area contributed by atoms with Crippen LogP contribution in [0, 0.1) is 17.0 Å². The summed E-state index contributed by atoms with van der Waals surface area (Å²) in [5.41, 5.74) is 0.563. The van der Waals surface area contributed by atoms with Crippen LogP contribution < -0.4 is 4.74 Å². The van der Waals surface area contributed by atoms with Crippen LogP contribution in [0.25, 0.3) is 0 Å². The highest BCUT2D eigenvalue weighted by molar-refractivity contribution is 5.48. The van der Waals surface area contributed by atoms with Crippen molar-refractivity contribution in [1.82, 2.24) is 0 Å². The maximum absolute atomic E-state index is 10.7. The number of nitrogens with zero attached hydrogens (tertiary/aromatic N) is 1. The topological polar surface area (TPSA) is 72.6 Å². The summed E-state index contributed by atoms with van der Waals surface area (Å²) in [6.07, 6.45) is 0.0706. The first kappa shape index (κ1) is 12.4. The maximum Gasteiger partial charge on any atom is 0.276 e. The Morgan fingerprint density at radius 1 is 1.56 bits per heavy atom. The van der Waals surface area contributed by atoms with Crippen LogP contribution >= 0.6 is 0 Å². The summed E-state index contributed by atoms with van der Waals surface area (Å²) in [5.74, 6) is 0.495. The van der Waals surface area contributed by atoms with Crippen LogP contribution in [0.3, 0.4) is 0 Å². The van der Waals surface area contributed by atoms with E-state index < -0.39 is 11.0 Å². The van der Waals surface area contributed by atoms with Crippen LogP contribution in [0.2, 0.25) is 0 Å². The molecule has 0 heterocycles.